The lowest BCUT2D eigenvalue weighted by Crippen LogP contribution is -2.54. The van der Waals surface area contributed by atoms with Crippen LogP contribution in [-0.2, 0) is 19.1 Å². The van der Waals surface area contributed by atoms with E-state index in [0.717, 1.165) is 11.1 Å². The molecule has 0 unspecified atom stereocenters. The molecule has 1 N–H and O–H groups in total. The van der Waals surface area contributed by atoms with Gasteiger partial charge in [-0.1, -0.05) is 48.0 Å². The monoisotopic (exact) mass is 392 g/mol. The number of hydrogen-bond acceptors (Lipinski definition) is 5. The molecule has 2 saturated heterocycles. The van der Waals surface area contributed by atoms with E-state index in [4.69, 9.17) is 4.74 Å². The van der Waals surface area contributed by atoms with Crippen molar-refractivity contribution in [3.63, 3.8) is 0 Å². The van der Waals surface area contributed by atoms with Crippen molar-refractivity contribution in [3.8, 4) is 0 Å². The number of hydrogen-bond donors (Lipinski definition) is 1. The summed E-state index contributed by atoms with van der Waals surface area (Å²) in [6.07, 6.45) is 0. The summed E-state index contributed by atoms with van der Waals surface area (Å²) in [5.41, 5.74) is 1.20. The normalized spacial score (nSPS) is 28.5. The second-order valence-electron chi connectivity index (χ2n) is 7.81. The van der Waals surface area contributed by atoms with Gasteiger partial charge in [-0.05, 0) is 38.5 Å². The van der Waals surface area contributed by atoms with Gasteiger partial charge in [0.15, 0.2) is 0 Å². The van der Waals surface area contributed by atoms with Crippen molar-refractivity contribution in [2.24, 2.45) is 11.8 Å². The van der Waals surface area contributed by atoms with Crippen molar-refractivity contribution >= 4 is 23.5 Å². The first-order valence-electron chi connectivity index (χ1n) is 9.83. The van der Waals surface area contributed by atoms with Crippen LogP contribution in [0.1, 0.15) is 31.0 Å². The number of carbonyl (C=O) groups is 3. The molecule has 0 spiro atoms. The Morgan fingerprint density at radius 3 is 2.34 bits per heavy atom. The van der Waals surface area contributed by atoms with E-state index in [1.807, 2.05) is 37.3 Å². The summed E-state index contributed by atoms with van der Waals surface area (Å²) in [5.74, 6) is -2.69. The van der Waals surface area contributed by atoms with Crippen molar-refractivity contribution in [2.75, 3.05) is 11.5 Å². The fourth-order valence-electron chi connectivity index (χ4n) is 4.50. The molecule has 4 atom stereocenters. The van der Waals surface area contributed by atoms with E-state index in [-0.39, 0.29) is 18.4 Å². The van der Waals surface area contributed by atoms with Gasteiger partial charge in [0.1, 0.15) is 5.54 Å². The molecule has 6 nitrogen and oxygen atoms in total. The maximum absolute atomic E-state index is 13.4. The molecule has 150 valence electrons. The minimum absolute atomic E-state index is 0.202. The Bertz CT molecular complexity index is 957. The van der Waals surface area contributed by atoms with Gasteiger partial charge in [-0.2, -0.15) is 0 Å². The Morgan fingerprint density at radius 2 is 1.72 bits per heavy atom. The van der Waals surface area contributed by atoms with Crippen molar-refractivity contribution < 1.29 is 19.1 Å². The molecule has 0 aromatic heterocycles. The van der Waals surface area contributed by atoms with E-state index in [1.165, 1.54) is 4.90 Å². The highest BCUT2D eigenvalue weighted by atomic mass is 16.5. The summed E-state index contributed by atoms with van der Waals surface area (Å²) in [6, 6.07) is 16.2. The van der Waals surface area contributed by atoms with Gasteiger partial charge >= 0.3 is 5.97 Å². The first-order valence-corrected chi connectivity index (χ1v) is 9.83. The lowest BCUT2D eigenvalue weighted by atomic mass is 9.80. The summed E-state index contributed by atoms with van der Waals surface area (Å²) in [7, 11) is 0. The molecule has 2 aliphatic rings. The number of imide groups is 1. The third-order valence-corrected chi connectivity index (χ3v) is 5.94. The van der Waals surface area contributed by atoms with E-state index < -0.39 is 29.4 Å². The maximum Gasteiger partial charge on any atom is 0.326 e. The number of rotatable bonds is 4. The lowest BCUT2D eigenvalue weighted by molar-refractivity contribution is -0.153. The number of aryl methyl sites for hydroxylation is 1. The minimum atomic E-state index is -1.29. The van der Waals surface area contributed by atoms with E-state index in [0.29, 0.717) is 5.69 Å². The Labute approximate surface area is 169 Å². The molecule has 2 amide bonds. The van der Waals surface area contributed by atoms with Crippen molar-refractivity contribution in [3.05, 3.63) is 65.7 Å². The number of esters is 1. The van der Waals surface area contributed by atoms with Crippen LogP contribution in [-0.4, -0.2) is 29.9 Å². The zero-order valence-electron chi connectivity index (χ0n) is 16.7. The number of carbonyl (C=O) groups excluding carboxylic acids is 3. The van der Waals surface area contributed by atoms with Gasteiger partial charge in [0, 0.05) is 6.04 Å². The van der Waals surface area contributed by atoms with E-state index >= 15 is 0 Å². The highest BCUT2D eigenvalue weighted by Gasteiger charge is 2.67. The molecule has 2 aromatic carbocycles. The third-order valence-electron chi connectivity index (χ3n) is 5.94. The molecule has 29 heavy (non-hydrogen) atoms. The molecule has 2 heterocycles. The van der Waals surface area contributed by atoms with Crippen LogP contribution in [0.3, 0.4) is 0 Å². The highest BCUT2D eigenvalue weighted by molar-refractivity contribution is 6.24. The topological polar surface area (TPSA) is 75.7 Å². The molecule has 2 aliphatic heterocycles. The molecular weight excluding hydrogens is 368 g/mol. The number of anilines is 1. The van der Waals surface area contributed by atoms with Crippen LogP contribution in [0.15, 0.2) is 54.6 Å². The van der Waals surface area contributed by atoms with Gasteiger partial charge < -0.3 is 4.74 Å². The fourth-order valence-corrected chi connectivity index (χ4v) is 4.50. The second-order valence-corrected chi connectivity index (χ2v) is 7.81. The van der Waals surface area contributed by atoms with Crippen molar-refractivity contribution in [1.29, 1.82) is 0 Å². The van der Waals surface area contributed by atoms with E-state index in [2.05, 4.69) is 5.32 Å². The van der Waals surface area contributed by atoms with Crippen LogP contribution >= 0.6 is 0 Å². The number of benzene rings is 2. The average Bonchev–Trinajstić information content (AvgIpc) is 3.17. The van der Waals surface area contributed by atoms with Crippen LogP contribution in [0.25, 0.3) is 0 Å². The summed E-state index contributed by atoms with van der Waals surface area (Å²) >= 11 is 0. The Hall–Kier alpha value is -2.99. The maximum atomic E-state index is 13.4. The van der Waals surface area contributed by atoms with Crippen LogP contribution in [0.4, 0.5) is 5.69 Å². The third kappa shape index (κ3) is 2.95. The Kier molecular flexibility index (Phi) is 4.74. The molecule has 4 rings (SSSR count). The van der Waals surface area contributed by atoms with Crippen LogP contribution in [0.2, 0.25) is 0 Å². The van der Waals surface area contributed by atoms with Crippen molar-refractivity contribution in [2.45, 2.75) is 32.4 Å². The molecule has 0 radical (unpaired) electrons. The van der Waals surface area contributed by atoms with E-state index in [1.54, 1.807) is 38.1 Å². The van der Waals surface area contributed by atoms with Gasteiger partial charge in [0.2, 0.25) is 11.8 Å². The number of nitrogens with one attached hydrogen (secondary N) is 1. The highest BCUT2D eigenvalue weighted by Crippen LogP contribution is 2.49. The number of amides is 2. The number of para-hydroxylation sites is 1. The van der Waals surface area contributed by atoms with Crippen LogP contribution in [0.5, 0.6) is 0 Å². The quantitative estimate of drug-likeness (QED) is 0.640. The van der Waals surface area contributed by atoms with Gasteiger partial charge in [-0.25, -0.2) is 4.90 Å². The van der Waals surface area contributed by atoms with Gasteiger partial charge in [0.25, 0.3) is 0 Å². The number of ether oxygens (including phenoxy) is 1. The minimum Gasteiger partial charge on any atom is -0.465 e. The summed E-state index contributed by atoms with van der Waals surface area (Å²) in [6.45, 7) is 5.57. The Balaban J connectivity index is 1.81. The summed E-state index contributed by atoms with van der Waals surface area (Å²) in [5, 5.41) is 3.28. The van der Waals surface area contributed by atoms with Crippen LogP contribution in [0, 0.1) is 18.8 Å². The molecule has 0 aliphatic carbocycles. The van der Waals surface area contributed by atoms with Gasteiger partial charge in [-0.3, -0.25) is 19.7 Å². The van der Waals surface area contributed by atoms with Crippen molar-refractivity contribution in [1.82, 2.24) is 5.32 Å². The molecule has 2 aromatic rings. The standard InChI is InChI=1S/C23H24N2O4/c1-4-29-22(28)23(3)18-17(19(24-23)15-12-10-14(2)11-13-15)20(26)25(21(18)27)16-8-6-5-7-9-16/h5-13,17-19,24H,4H2,1-3H3/t17-,18-,19-,23-/m0/s1. The zero-order valence-corrected chi connectivity index (χ0v) is 16.7. The first-order chi connectivity index (χ1) is 13.9. The van der Waals surface area contributed by atoms with Gasteiger partial charge in [-0.15, -0.1) is 0 Å². The molecule has 2 fully saturated rings. The predicted molar refractivity (Wildman–Crippen MR) is 108 cm³/mol. The molecular formula is C23H24N2O4. The van der Waals surface area contributed by atoms with Gasteiger partial charge in [0.05, 0.1) is 24.1 Å². The number of nitrogens with zero attached hydrogens (tertiary/aromatic N) is 1. The molecule has 0 bridgehead atoms. The smallest absolute Gasteiger partial charge is 0.326 e. The molecule has 0 saturated carbocycles. The first kappa shape index (κ1) is 19.3. The predicted octanol–water partition coefficient (Wildman–Crippen LogP) is 2.77. The zero-order chi connectivity index (χ0) is 20.8. The fraction of sp³-hybridized carbons (Fsp3) is 0.348. The Morgan fingerprint density at radius 1 is 1.07 bits per heavy atom. The SMILES string of the molecule is CCOC(=O)[C@@]1(C)N[C@@H](c2ccc(C)cc2)[C@H]2C(=O)N(c3ccccc3)C(=O)[C@H]21. The summed E-state index contributed by atoms with van der Waals surface area (Å²) < 4.78 is 5.28. The number of fused-ring (bicyclic) bond motifs is 1. The van der Waals surface area contributed by atoms with Crippen LogP contribution < -0.4 is 10.2 Å². The lowest BCUT2D eigenvalue weighted by Gasteiger charge is -2.29. The van der Waals surface area contributed by atoms with E-state index in [9.17, 15) is 14.4 Å². The average molecular weight is 392 g/mol. The largest absolute Gasteiger partial charge is 0.465 e. The summed E-state index contributed by atoms with van der Waals surface area (Å²) in [4.78, 5) is 40.9. The second kappa shape index (κ2) is 7.12. The molecule has 6 heteroatoms.